The molecule has 3 amide bonds. The van der Waals surface area contributed by atoms with Crippen molar-refractivity contribution in [2.75, 3.05) is 6.54 Å². The van der Waals surface area contributed by atoms with Crippen LogP contribution in [0.15, 0.2) is 0 Å². The number of carboxylic acid groups (broad SMARTS) is 2. The summed E-state index contributed by atoms with van der Waals surface area (Å²) in [4.78, 5) is 57.2. The van der Waals surface area contributed by atoms with Crippen LogP contribution in [0.1, 0.15) is 58.8 Å². The Hall–Kier alpha value is -2.65. The van der Waals surface area contributed by atoms with Gasteiger partial charge >= 0.3 is 11.9 Å². The predicted octanol–water partition coefficient (Wildman–Crippen LogP) is 0.0119. The summed E-state index contributed by atoms with van der Waals surface area (Å²) in [6.07, 6.45) is 3.13. The minimum absolute atomic E-state index is 0.199. The molecule has 0 bridgehead atoms. The van der Waals surface area contributed by atoms with Gasteiger partial charge in [0, 0.05) is 12.8 Å². The normalized spacial score (nSPS) is 13.0. The molecule has 0 aromatic carbocycles. The van der Waals surface area contributed by atoms with E-state index in [1.807, 2.05) is 6.92 Å². The minimum Gasteiger partial charge on any atom is -0.480 e. The first-order valence-electron chi connectivity index (χ1n) is 9.36. The van der Waals surface area contributed by atoms with E-state index < -0.39 is 48.3 Å². The number of amides is 3. The molecule has 0 rings (SSSR count). The maximum atomic E-state index is 11.9. The average molecular weight is 388 g/mol. The number of nitrogens with one attached hydrogen (secondary N) is 3. The molecule has 0 unspecified atom stereocenters. The third-order valence-electron chi connectivity index (χ3n) is 3.68. The van der Waals surface area contributed by atoms with Crippen molar-refractivity contribution in [2.24, 2.45) is 0 Å². The van der Waals surface area contributed by atoms with Crippen LogP contribution in [-0.4, -0.2) is 58.5 Å². The van der Waals surface area contributed by atoms with Crippen molar-refractivity contribution >= 4 is 29.7 Å². The van der Waals surface area contributed by atoms with Crippen LogP contribution in [0, 0.1) is 0 Å². The van der Waals surface area contributed by atoms with Crippen LogP contribution in [0.4, 0.5) is 0 Å². The third kappa shape index (κ3) is 12.4. The number of hydrogen-bond acceptors (Lipinski definition) is 5. The molecule has 10 heteroatoms. The Morgan fingerprint density at radius 3 is 2.11 bits per heavy atom. The summed E-state index contributed by atoms with van der Waals surface area (Å²) in [6.45, 7) is 2.58. The molecule has 27 heavy (non-hydrogen) atoms. The first-order chi connectivity index (χ1) is 13.1. The van der Waals surface area contributed by atoms with Gasteiger partial charge in [-0.15, -0.1) is 0 Å². The van der Waals surface area contributed by atoms with Crippen LogP contribution >= 0.6 is 0 Å². The van der Waals surface area contributed by atoms with E-state index in [2.05, 4.69) is 10.6 Å². The molecule has 0 heterocycles. The van der Waals surface area contributed by atoms with Gasteiger partial charge in [-0.1, -0.05) is 26.2 Å². The molecule has 0 spiro atoms. The van der Waals surface area contributed by atoms with Gasteiger partial charge in [-0.05, 0) is 19.8 Å². The average Bonchev–Trinajstić information content (AvgIpc) is 2.61. The Morgan fingerprint density at radius 1 is 0.889 bits per heavy atom. The van der Waals surface area contributed by atoms with Crippen molar-refractivity contribution in [3.63, 3.8) is 0 Å². The van der Waals surface area contributed by atoms with Gasteiger partial charge in [-0.2, -0.15) is 0 Å². The molecule has 154 valence electrons. The first-order valence-corrected chi connectivity index (χ1v) is 8.92. The van der Waals surface area contributed by atoms with Crippen molar-refractivity contribution in [1.29, 1.82) is 0 Å². The molecular formula is C17H29N3O7. The molecule has 0 aliphatic heterocycles. The highest BCUT2D eigenvalue weighted by molar-refractivity contribution is 5.88. The third-order valence-corrected chi connectivity index (χ3v) is 3.68. The fourth-order valence-corrected chi connectivity index (χ4v) is 2.09. The first kappa shape index (κ1) is 22.4. The highest BCUT2D eigenvalue weighted by Gasteiger charge is 2.21. The SMILES string of the molecule is [2H]N(CC(=O)N[C@@H](C)C(=O)O)C(=O)CC[C@@H](NC(=O)CCCCCC)C(=O)O. The molecule has 0 saturated carbocycles. The Bertz CT molecular complexity index is 571. The van der Waals surface area contributed by atoms with Crippen LogP contribution < -0.4 is 15.9 Å². The van der Waals surface area contributed by atoms with Crippen molar-refractivity contribution in [2.45, 2.75) is 70.9 Å². The summed E-state index contributed by atoms with van der Waals surface area (Å²) in [6, 6.07) is -2.43. The molecule has 10 nitrogen and oxygen atoms in total. The zero-order chi connectivity index (χ0) is 21.7. The number of aliphatic carboxylic acids is 2. The molecule has 5 N–H and O–H groups in total. The van der Waals surface area contributed by atoms with Crippen LogP contribution in [0.5, 0.6) is 0 Å². The van der Waals surface area contributed by atoms with E-state index in [1.165, 1.54) is 6.92 Å². The zero-order valence-corrected chi connectivity index (χ0v) is 15.7. The number of carboxylic acids is 2. The second-order valence-corrected chi connectivity index (χ2v) is 6.15. The minimum atomic E-state index is -1.29. The van der Waals surface area contributed by atoms with Crippen molar-refractivity contribution in [3.8, 4) is 0 Å². The van der Waals surface area contributed by atoms with Gasteiger partial charge in [-0.25, -0.2) is 4.79 Å². The quantitative estimate of drug-likeness (QED) is 0.262. The molecular weight excluding hydrogens is 358 g/mol. The lowest BCUT2D eigenvalue weighted by Crippen LogP contribution is -2.44. The lowest BCUT2D eigenvalue weighted by atomic mass is 10.1. The van der Waals surface area contributed by atoms with E-state index in [0.29, 0.717) is 11.7 Å². The smallest absolute Gasteiger partial charge is 0.326 e. The summed E-state index contributed by atoms with van der Waals surface area (Å²) >= 11 is 0. The number of carbonyl (C=O) groups is 5. The van der Waals surface area contributed by atoms with Gasteiger partial charge in [0.25, 0.3) is 0 Å². The number of hydrogen-bond donors (Lipinski definition) is 5. The monoisotopic (exact) mass is 388 g/mol. The molecule has 0 aromatic rings. The highest BCUT2D eigenvalue weighted by atomic mass is 16.4. The molecule has 0 saturated heterocycles. The van der Waals surface area contributed by atoms with Gasteiger partial charge < -0.3 is 26.2 Å². The number of carbonyl (C=O) groups excluding carboxylic acids is 3. The molecule has 0 radical (unpaired) electrons. The molecule has 0 aliphatic rings. The Morgan fingerprint density at radius 2 is 1.56 bits per heavy atom. The van der Waals surface area contributed by atoms with Crippen molar-refractivity contribution in [3.05, 3.63) is 0 Å². The van der Waals surface area contributed by atoms with Gasteiger partial charge in [0.1, 0.15) is 12.1 Å². The van der Waals surface area contributed by atoms with Gasteiger partial charge in [-0.3, -0.25) is 19.2 Å². The lowest BCUT2D eigenvalue weighted by Gasteiger charge is -2.14. The predicted molar refractivity (Wildman–Crippen MR) is 95.8 cm³/mol. The lowest BCUT2D eigenvalue weighted by molar-refractivity contribution is -0.142. The van der Waals surface area contributed by atoms with Gasteiger partial charge in [0.05, 0.1) is 6.54 Å². The van der Waals surface area contributed by atoms with Crippen LogP contribution in [0.25, 0.3) is 0 Å². The largest absolute Gasteiger partial charge is 0.480 e. The van der Waals surface area contributed by atoms with E-state index in [1.54, 1.807) is 0 Å². The Kier molecular flexibility index (Phi) is 11.2. The Labute approximate surface area is 159 Å². The van der Waals surface area contributed by atoms with Crippen LogP contribution in [-0.2, 0) is 24.0 Å². The Balaban J connectivity index is 4.40. The van der Waals surface area contributed by atoms with E-state index >= 15 is 0 Å². The summed E-state index contributed by atoms with van der Waals surface area (Å²) in [7, 11) is 0. The fourth-order valence-electron chi connectivity index (χ4n) is 2.09. The van der Waals surface area contributed by atoms with Crippen LogP contribution in [0.3, 0.4) is 0 Å². The second-order valence-electron chi connectivity index (χ2n) is 6.15. The van der Waals surface area contributed by atoms with Gasteiger partial charge in [0.2, 0.25) is 17.7 Å². The van der Waals surface area contributed by atoms with Crippen LogP contribution in [0.2, 0.25) is 1.41 Å². The van der Waals surface area contributed by atoms with Crippen molar-refractivity contribution < 1.29 is 35.6 Å². The maximum Gasteiger partial charge on any atom is 0.326 e. The molecule has 0 aromatic heterocycles. The van der Waals surface area contributed by atoms with E-state index in [-0.39, 0.29) is 19.3 Å². The molecule has 0 aliphatic carbocycles. The second kappa shape index (κ2) is 13.5. The molecule has 2 atom stereocenters. The van der Waals surface area contributed by atoms with E-state index in [0.717, 1.165) is 19.3 Å². The van der Waals surface area contributed by atoms with E-state index in [9.17, 15) is 29.1 Å². The summed E-state index contributed by atoms with van der Waals surface area (Å²) in [5.41, 5.74) is 0. The standard InChI is InChI=1S/C17H29N3O7/c1-3-4-5-6-7-14(22)20-12(17(26)27)8-9-13(21)18-10-15(23)19-11(2)16(24)25/h11-12H,3-10H2,1-2H3,(H,18,21)(H,19,23)(H,20,22)(H,24,25)(H,26,27)/t11-,12+/m0/s1/i/hD. The van der Waals surface area contributed by atoms with Gasteiger partial charge in [0.15, 0.2) is 1.41 Å². The summed E-state index contributed by atoms with van der Waals surface area (Å²) in [5, 5.41) is 22.6. The summed E-state index contributed by atoms with van der Waals surface area (Å²) < 4.78 is 7.52. The van der Waals surface area contributed by atoms with Crippen molar-refractivity contribution in [1.82, 2.24) is 15.9 Å². The fraction of sp³-hybridized carbons (Fsp3) is 0.706. The molecule has 0 fully saturated rings. The zero-order valence-electron chi connectivity index (χ0n) is 16.7. The van der Waals surface area contributed by atoms with E-state index in [4.69, 9.17) is 6.52 Å². The number of rotatable bonds is 14. The highest BCUT2D eigenvalue weighted by Crippen LogP contribution is 2.04. The topological polar surface area (TPSA) is 162 Å². The number of unbranched alkanes of at least 4 members (excludes halogenated alkanes) is 3. The maximum absolute atomic E-state index is 11.9. The summed E-state index contributed by atoms with van der Waals surface area (Å²) in [5.74, 6) is -4.61.